The Kier molecular flexibility index (Phi) is 5.84. The van der Waals surface area contributed by atoms with Crippen molar-refractivity contribution in [2.45, 2.75) is 32.0 Å². The fraction of sp³-hybridized carbons (Fsp3) is 0.261. The van der Waals surface area contributed by atoms with Gasteiger partial charge in [0.15, 0.2) is 0 Å². The quantitative estimate of drug-likeness (QED) is 0.563. The third kappa shape index (κ3) is 4.41. The summed E-state index contributed by atoms with van der Waals surface area (Å²) in [5.74, 6) is 0.170. The van der Waals surface area contributed by atoms with Gasteiger partial charge >= 0.3 is 6.18 Å². The van der Waals surface area contributed by atoms with Crippen LogP contribution in [0.25, 0.3) is 11.1 Å². The average Bonchev–Trinajstić information content (AvgIpc) is 3.28. The lowest BCUT2D eigenvalue weighted by Crippen LogP contribution is -2.24. The van der Waals surface area contributed by atoms with Crippen molar-refractivity contribution in [2.24, 2.45) is 0 Å². The van der Waals surface area contributed by atoms with Gasteiger partial charge in [0.1, 0.15) is 17.6 Å². The van der Waals surface area contributed by atoms with Gasteiger partial charge in [-0.25, -0.2) is 4.68 Å². The molecule has 4 rings (SSSR count). The molecular weight excluding hydrogens is 437 g/mol. The highest BCUT2D eigenvalue weighted by molar-refractivity contribution is 6.04. The molecule has 1 unspecified atom stereocenters. The normalized spacial score (nSPS) is 15.2. The van der Waals surface area contributed by atoms with Gasteiger partial charge in [-0.2, -0.15) is 18.3 Å². The molecule has 172 valence electrons. The maximum absolute atomic E-state index is 12.9. The van der Waals surface area contributed by atoms with Crippen molar-refractivity contribution in [1.29, 1.82) is 0 Å². The van der Waals surface area contributed by atoms with Crippen LogP contribution in [0.5, 0.6) is 5.75 Å². The van der Waals surface area contributed by atoms with Crippen molar-refractivity contribution in [3.05, 3.63) is 59.8 Å². The molecular formula is C23H21F3N4O3. The first kappa shape index (κ1) is 22.4. The van der Waals surface area contributed by atoms with Crippen LogP contribution >= 0.6 is 0 Å². The summed E-state index contributed by atoms with van der Waals surface area (Å²) in [6.45, 7) is 1.93. The summed E-state index contributed by atoms with van der Waals surface area (Å²) >= 11 is 0. The second-order valence-electron chi connectivity index (χ2n) is 7.53. The van der Waals surface area contributed by atoms with Crippen molar-refractivity contribution in [1.82, 2.24) is 9.78 Å². The molecule has 2 aromatic carbocycles. The minimum absolute atomic E-state index is 0.00193. The largest absolute Gasteiger partial charge is 0.497 e. The summed E-state index contributed by atoms with van der Waals surface area (Å²) in [6, 6.07) is 10.7. The first-order valence-corrected chi connectivity index (χ1v) is 10.2. The maximum Gasteiger partial charge on any atom is 0.416 e. The van der Waals surface area contributed by atoms with E-state index in [-0.39, 0.29) is 12.1 Å². The number of carbonyl (C=O) groups excluding carboxylic acids is 2. The smallest absolute Gasteiger partial charge is 0.416 e. The van der Waals surface area contributed by atoms with Crippen molar-refractivity contribution in [3.63, 3.8) is 0 Å². The number of rotatable bonds is 6. The number of aryl methyl sites for hydroxylation is 1. The molecule has 1 aliphatic heterocycles. The zero-order valence-electron chi connectivity index (χ0n) is 17.9. The number of hydrogen-bond donors (Lipinski definition) is 2. The molecule has 1 aromatic heterocycles. The SMILES string of the molecule is CCc1nn2c(c1-c1ccc(OC)cc1)NC(=O)C2CC(=O)Nc1cccc(C(F)(F)F)c1. The number of alkyl halides is 3. The lowest BCUT2D eigenvalue weighted by Gasteiger charge is -2.12. The Labute approximate surface area is 187 Å². The number of nitrogens with one attached hydrogen (secondary N) is 2. The van der Waals surface area contributed by atoms with Gasteiger partial charge in [-0.3, -0.25) is 9.59 Å². The first-order valence-electron chi connectivity index (χ1n) is 10.2. The molecule has 3 aromatic rings. The Bertz CT molecular complexity index is 1200. The van der Waals surface area contributed by atoms with Crippen LogP contribution in [0.4, 0.5) is 24.7 Å². The van der Waals surface area contributed by atoms with E-state index in [2.05, 4.69) is 15.7 Å². The first-order chi connectivity index (χ1) is 15.7. The molecule has 0 fully saturated rings. The third-order valence-electron chi connectivity index (χ3n) is 5.39. The molecule has 1 atom stereocenters. The number of benzene rings is 2. The lowest BCUT2D eigenvalue weighted by atomic mass is 10.0. The third-order valence-corrected chi connectivity index (χ3v) is 5.39. The monoisotopic (exact) mass is 458 g/mol. The predicted molar refractivity (Wildman–Crippen MR) is 116 cm³/mol. The van der Waals surface area contributed by atoms with Crippen LogP contribution in [0.2, 0.25) is 0 Å². The van der Waals surface area contributed by atoms with Gasteiger partial charge in [0, 0.05) is 11.3 Å². The number of hydrogen-bond acceptors (Lipinski definition) is 4. The van der Waals surface area contributed by atoms with Gasteiger partial charge in [0.05, 0.1) is 24.8 Å². The highest BCUT2D eigenvalue weighted by Crippen LogP contribution is 2.39. The molecule has 2 heterocycles. The standard InChI is InChI=1S/C23H21F3N4O3/c1-3-17-20(13-7-9-16(33-2)10-8-13)21-28-22(32)18(30(21)29-17)12-19(31)27-15-6-4-5-14(11-15)23(24,25)26/h4-11,18H,3,12H2,1-2H3,(H,27,31)(H,28,32). The minimum Gasteiger partial charge on any atom is -0.497 e. The Morgan fingerprint density at radius 2 is 1.94 bits per heavy atom. The van der Waals surface area contributed by atoms with Gasteiger partial charge in [0.2, 0.25) is 5.91 Å². The molecule has 10 heteroatoms. The van der Waals surface area contributed by atoms with Gasteiger partial charge < -0.3 is 15.4 Å². The number of aromatic nitrogens is 2. The van der Waals surface area contributed by atoms with Crippen molar-refractivity contribution < 1.29 is 27.5 Å². The molecule has 0 bridgehead atoms. The number of fused-ring (bicyclic) bond motifs is 1. The molecule has 1 aliphatic rings. The van der Waals surface area contributed by atoms with Crippen LogP contribution in [0.3, 0.4) is 0 Å². The van der Waals surface area contributed by atoms with Crippen LogP contribution in [0, 0.1) is 0 Å². The van der Waals surface area contributed by atoms with Crippen LogP contribution in [0.15, 0.2) is 48.5 Å². The Morgan fingerprint density at radius 1 is 1.21 bits per heavy atom. The number of amides is 2. The summed E-state index contributed by atoms with van der Waals surface area (Å²) in [5.41, 5.74) is 1.48. The second kappa shape index (κ2) is 8.61. The van der Waals surface area contributed by atoms with Crippen LogP contribution in [0.1, 0.15) is 30.6 Å². The number of nitrogens with zero attached hydrogens (tertiary/aromatic N) is 2. The van der Waals surface area contributed by atoms with Crippen LogP contribution in [-0.4, -0.2) is 28.7 Å². The molecule has 0 saturated carbocycles. The van der Waals surface area contributed by atoms with E-state index in [1.807, 2.05) is 19.1 Å². The highest BCUT2D eigenvalue weighted by Gasteiger charge is 2.37. The van der Waals surface area contributed by atoms with Gasteiger partial charge in [-0.1, -0.05) is 25.1 Å². The van der Waals surface area contributed by atoms with E-state index in [4.69, 9.17) is 4.74 Å². The van der Waals surface area contributed by atoms with E-state index in [0.717, 1.165) is 29.0 Å². The fourth-order valence-electron chi connectivity index (χ4n) is 3.79. The number of halogens is 3. The van der Waals surface area contributed by atoms with E-state index in [0.29, 0.717) is 18.0 Å². The summed E-state index contributed by atoms with van der Waals surface area (Å²) in [4.78, 5) is 25.2. The summed E-state index contributed by atoms with van der Waals surface area (Å²) < 4.78 is 45.4. The Morgan fingerprint density at radius 3 is 2.58 bits per heavy atom. The highest BCUT2D eigenvalue weighted by atomic mass is 19.4. The zero-order valence-corrected chi connectivity index (χ0v) is 17.9. The molecule has 2 amide bonds. The van der Waals surface area contributed by atoms with E-state index in [1.54, 1.807) is 19.2 Å². The molecule has 0 radical (unpaired) electrons. The summed E-state index contributed by atoms with van der Waals surface area (Å²) in [7, 11) is 1.57. The second-order valence-corrected chi connectivity index (χ2v) is 7.53. The number of anilines is 2. The van der Waals surface area contributed by atoms with Crippen molar-refractivity contribution >= 4 is 23.3 Å². The topological polar surface area (TPSA) is 85.2 Å². The summed E-state index contributed by atoms with van der Waals surface area (Å²) in [5, 5.41) is 9.78. The van der Waals surface area contributed by atoms with Gasteiger partial charge in [-0.05, 0) is 42.3 Å². The Balaban J connectivity index is 1.57. The van der Waals surface area contributed by atoms with Crippen LogP contribution < -0.4 is 15.4 Å². The van der Waals surface area contributed by atoms with E-state index < -0.39 is 29.6 Å². The van der Waals surface area contributed by atoms with Gasteiger partial charge in [-0.15, -0.1) is 0 Å². The Hall–Kier alpha value is -3.82. The van der Waals surface area contributed by atoms with Crippen molar-refractivity contribution in [2.75, 3.05) is 17.7 Å². The van der Waals surface area contributed by atoms with Crippen LogP contribution in [-0.2, 0) is 22.2 Å². The predicted octanol–water partition coefficient (Wildman–Crippen LogP) is 4.66. The number of carbonyl (C=O) groups is 2. The minimum atomic E-state index is -4.52. The van der Waals surface area contributed by atoms with Gasteiger partial charge in [0.25, 0.3) is 5.91 Å². The number of methoxy groups -OCH3 is 1. The zero-order chi connectivity index (χ0) is 23.8. The molecule has 7 nitrogen and oxygen atoms in total. The number of ether oxygens (including phenoxy) is 1. The van der Waals surface area contributed by atoms with E-state index >= 15 is 0 Å². The fourth-order valence-corrected chi connectivity index (χ4v) is 3.79. The average molecular weight is 458 g/mol. The lowest BCUT2D eigenvalue weighted by molar-refractivity contribution is -0.137. The molecule has 0 aliphatic carbocycles. The maximum atomic E-state index is 12.9. The molecule has 2 N–H and O–H groups in total. The van der Waals surface area contributed by atoms with E-state index in [9.17, 15) is 22.8 Å². The van der Waals surface area contributed by atoms with E-state index in [1.165, 1.54) is 16.8 Å². The summed E-state index contributed by atoms with van der Waals surface area (Å²) in [6.07, 6.45) is -4.20. The molecule has 0 spiro atoms. The molecule has 33 heavy (non-hydrogen) atoms. The van der Waals surface area contributed by atoms with Crippen molar-refractivity contribution in [3.8, 4) is 16.9 Å². The molecule has 0 saturated heterocycles.